The van der Waals surface area contributed by atoms with Gasteiger partial charge in [0.2, 0.25) is 5.91 Å². The second-order valence-corrected chi connectivity index (χ2v) is 11.4. The number of aryl methyl sites for hydroxylation is 1. The molecular weight excluding hydrogens is 492 g/mol. The lowest BCUT2D eigenvalue weighted by molar-refractivity contribution is -0.130. The molecule has 2 aliphatic rings. The lowest BCUT2D eigenvalue weighted by atomic mass is 9.90. The van der Waals surface area contributed by atoms with Crippen LogP contribution in [-0.2, 0) is 11.2 Å². The average Bonchev–Trinajstić information content (AvgIpc) is 3.49. The Morgan fingerprint density at radius 3 is 2.63 bits per heavy atom. The number of fused-ring (bicyclic) bond motifs is 1. The fourth-order valence-electron chi connectivity index (χ4n) is 5.25. The fraction of sp³-hybridized carbons (Fsp3) is 0.433. The van der Waals surface area contributed by atoms with Gasteiger partial charge >= 0.3 is 0 Å². The van der Waals surface area contributed by atoms with Gasteiger partial charge in [-0.25, -0.2) is 9.97 Å². The van der Waals surface area contributed by atoms with Gasteiger partial charge in [-0.3, -0.25) is 14.1 Å². The summed E-state index contributed by atoms with van der Waals surface area (Å²) in [7, 11) is 5.75. The van der Waals surface area contributed by atoms with Crippen LogP contribution in [0.25, 0.3) is 11.2 Å². The predicted molar refractivity (Wildman–Crippen MR) is 157 cm³/mol. The first-order valence-corrected chi connectivity index (χ1v) is 14.4. The molecule has 0 spiro atoms. The van der Waals surface area contributed by atoms with Crippen molar-refractivity contribution in [3.05, 3.63) is 70.5 Å². The minimum Gasteiger partial charge on any atom is -0.348 e. The molecule has 38 heavy (non-hydrogen) atoms. The standard InChI is InChI=1S/C30H38N6OS/c1-6-25-29(34(5)30-32-26(20-38-30)23-9-7-8-21(2)10-11-23)36-18-24(12-13-27(36)31-25)22-14-16-35(17-15-22)19-28(37)33(3)4/h8-13,18,20,22H,6-7,14-17,19H2,1-5H3. The molecule has 200 valence electrons. The van der Waals surface area contributed by atoms with E-state index in [-0.39, 0.29) is 5.91 Å². The predicted octanol–water partition coefficient (Wildman–Crippen LogP) is 5.68. The van der Waals surface area contributed by atoms with Crippen LogP contribution in [0.5, 0.6) is 0 Å². The number of allylic oxidation sites excluding steroid dienone is 6. The van der Waals surface area contributed by atoms with Gasteiger partial charge in [-0.1, -0.05) is 42.9 Å². The molecule has 5 rings (SSSR count). The number of piperidine rings is 1. The van der Waals surface area contributed by atoms with Crippen LogP contribution in [0.4, 0.5) is 10.9 Å². The molecule has 0 radical (unpaired) electrons. The Hall–Kier alpha value is -3.23. The molecule has 0 N–H and O–H groups in total. The molecule has 0 bridgehead atoms. The van der Waals surface area contributed by atoms with Gasteiger partial charge in [0, 0.05) is 32.7 Å². The summed E-state index contributed by atoms with van der Waals surface area (Å²) in [6.45, 7) is 6.69. The number of imidazole rings is 1. The third-order valence-electron chi connectivity index (χ3n) is 7.63. The second-order valence-electron chi connectivity index (χ2n) is 10.5. The Morgan fingerprint density at radius 2 is 1.89 bits per heavy atom. The fourth-order valence-corrected chi connectivity index (χ4v) is 6.05. The number of aromatic nitrogens is 3. The molecule has 0 atom stereocenters. The highest BCUT2D eigenvalue weighted by molar-refractivity contribution is 7.13. The topological polar surface area (TPSA) is 57.0 Å². The van der Waals surface area contributed by atoms with Gasteiger partial charge in [-0.2, -0.15) is 0 Å². The maximum absolute atomic E-state index is 12.1. The number of hydrogen-bond donors (Lipinski definition) is 0. The first kappa shape index (κ1) is 26.4. The van der Waals surface area contributed by atoms with Gasteiger partial charge < -0.3 is 9.80 Å². The third kappa shape index (κ3) is 5.47. The van der Waals surface area contributed by atoms with Gasteiger partial charge in [-0.05, 0) is 68.8 Å². The molecule has 3 aromatic rings. The van der Waals surface area contributed by atoms with Crippen molar-refractivity contribution in [1.29, 1.82) is 0 Å². The number of likely N-dealkylation sites (N-methyl/N-ethyl adjacent to an activating group) is 1. The first-order chi connectivity index (χ1) is 18.3. The van der Waals surface area contributed by atoms with Crippen molar-refractivity contribution >= 4 is 39.4 Å². The zero-order valence-corrected chi connectivity index (χ0v) is 24.0. The van der Waals surface area contributed by atoms with Crippen LogP contribution >= 0.6 is 11.3 Å². The molecule has 0 saturated carbocycles. The third-order valence-corrected chi connectivity index (χ3v) is 8.55. The highest BCUT2D eigenvalue weighted by Gasteiger charge is 2.24. The quantitative estimate of drug-likeness (QED) is 0.394. The Morgan fingerprint density at radius 1 is 1.11 bits per heavy atom. The number of pyridine rings is 1. The number of likely N-dealkylation sites (tertiary alicyclic amines) is 1. The Kier molecular flexibility index (Phi) is 7.81. The van der Waals surface area contributed by atoms with E-state index in [2.05, 4.69) is 83.1 Å². The van der Waals surface area contributed by atoms with E-state index in [1.54, 1.807) is 16.2 Å². The minimum absolute atomic E-state index is 0.173. The maximum atomic E-state index is 12.1. The second kappa shape index (κ2) is 11.3. The van der Waals surface area contributed by atoms with Crippen LogP contribution in [0.1, 0.15) is 56.0 Å². The van der Waals surface area contributed by atoms with E-state index < -0.39 is 0 Å². The van der Waals surface area contributed by atoms with E-state index >= 15 is 0 Å². The van der Waals surface area contributed by atoms with Crippen LogP contribution in [0.3, 0.4) is 0 Å². The summed E-state index contributed by atoms with van der Waals surface area (Å²) in [5.41, 5.74) is 6.85. The van der Waals surface area contributed by atoms with E-state index in [0.29, 0.717) is 12.5 Å². The first-order valence-electron chi connectivity index (χ1n) is 13.5. The summed E-state index contributed by atoms with van der Waals surface area (Å²) >= 11 is 1.67. The number of nitrogens with zero attached hydrogens (tertiary/aromatic N) is 6. The summed E-state index contributed by atoms with van der Waals surface area (Å²) in [6.07, 6.45) is 15.0. The summed E-state index contributed by atoms with van der Waals surface area (Å²) in [4.78, 5) is 28.3. The van der Waals surface area contributed by atoms with Crippen molar-refractivity contribution in [3.63, 3.8) is 0 Å². The minimum atomic E-state index is 0.173. The van der Waals surface area contributed by atoms with Gasteiger partial charge in [0.25, 0.3) is 0 Å². The van der Waals surface area contributed by atoms with E-state index in [0.717, 1.165) is 66.8 Å². The molecule has 1 amide bonds. The number of hydrogen-bond acceptors (Lipinski definition) is 6. The lowest BCUT2D eigenvalue weighted by Crippen LogP contribution is -2.40. The van der Waals surface area contributed by atoms with E-state index in [1.807, 2.05) is 14.1 Å². The molecule has 1 aliphatic carbocycles. The van der Waals surface area contributed by atoms with Crippen molar-refractivity contribution < 1.29 is 4.79 Å². The number of thiazole rings is 1. The number of amides is 1. The molecule has 1 aliphatic heterocycles. The van der Waals surface area contributed by atoms with Crippen LogP contribution in [0.2, 0.25) is 0 Å². The zero-order valence-electron chi connectivity index (χ0n) is 23.1. The smallest absolute Gasteiger partial charge is 0.236 e. The van der Waals surface area contributed by atoms with Gasteiger partial charge in [0.05, 0.1) is 17.9 Å². The monoisotopic (exact) mass is 530 g/mol. The van der Waals surface area contributed by atoms with Crippen molar-refractivity contribution in [2.45, 2.75) is 45.4 Å². The molecule has 0 aromatic carbocycles. The number of carbonyl (C=O) groups is 1. The highest BCUT2D eigenvalue weighted by atomic mass is 32.1. The molecule has 1 fully saturated rings. The van der Waals surface area contributed by atoms with Gasteiger partial charge in [0.1, 0.15) is 11.5 Å². The lowest BCUT2D eigenvalue weighted by Gasteiger charge is -2.32. The van der Waals surface area contributed by atoms with Crippen molar-refractivity contribution in [3.8, 4) is 0 Å². The zero-order chi connectivity index (χ0) is 26.8. The molecule has 4 heterocycles. The largest absolute Gasteiger partial charge is 0.348 e. The summed E-state index contributed by atoms with van der Waals surface area (Å²) in [6, 6.07) is 4.39. The maximum Gasteiger partial charge on any atom is 0.236 e. The van der Waals surface area contributed by atoms with Crippen molar-refractivity contribution in [1.82, 2.24) is 24.2 Å². The SMILES string of the molecule is CCc1nc2ccc(C3CCN(CC(=O)N(C)C)CC3)cn2c1N(C)c1nc(C2=CCC=C(C)C=C2)cs1. The molecular formula is C30H38N6OS. The molecule has 8 heteroatoms. The van der Waals surface area contributed by atoms with Crippen LogP contribution in [0.15, 0.2) is 53.6 Å². The van der Waals surface area contributed by atoms with Crippen molar-refractivity contribution in [2.75, 3.05) is 45.7 Å². The summed E-state index contributed by atoms with van der Waals surface area (Å²) < 4.78 is 2.25. The number of rotatable bonds is 7. The highest BCUT2D eigenvalue weighted by Crippen LogP contribution is 2.35. The van der Waals surface area contributed by atoms with Crippen LogP contribution < -0.4 is 4.90 Å². The average molecular weight is 531 g/mol. The van der Waals surface area contributed by atoms with Crippen LogP contribution in [-0.4, -0.2) is 70.9 Å². The number of carbonyl (C=O) groups excluding carboxylic acids is 1. The Bertz CT molecular complexity index is 1400. The Labute approximate surface area is 229 Å². The van der Waals surface area contributed by atoms with Gasteiger partial charge in [-0.15, -0.1) is 11.3 Å². The van der Waals surface area contributed by atoms with E-state index in [1.165, 1.54) is 16.7 Å². The summed E-state index contributed by atoms with van der Waals surface area (Å²) in [5, 5.41) is 3.11. The normalized spacial score (nSPS) is 16.9. The molecule has 7 nitrogen and oxygen atoms in total. The Balaban J connectivity index is 1.38. The van der Waals surface area contributed by atoms with Crippen LogP contribution in [0, 0.1) is 0 Å². The van der Waals surface area contributed by atoms with Crippen molar-refractivity contribution in [2.24, 2.45) is 0 Å². The number of anilines is 2. The van der Waals surface area contributed by atoms with E-state index in [9.17, 15) is 4.79 Å². The van der Waals surface area contributed by atoms with Gasteiger partial charge in [0.15, 0.2) is 5.13 Å². The summed E-state index contributed by atoms with van der Waals surface area (Å²) in [5.74, 6) is 1.74. The molecule has 0 unspecified atom stereocenters. The van der Waals surface area contributed by atoms with E-state index in [4.69, 9.17) is 9.97 Å². The molecule has 3 aromatic heterocycles. The molecule has 1 saturated heterocycles.